The van der Waals surface area contributed by atoms with E-state index in [1.807, 2.05) is 4.90 Å². The lowest BCUT2D eigenvalue weighted by molar-refractivity contribution is -0.132. The van der Waals surface area contributed by atoms with Gasteiger partial charge in [-0.25, -0.2) is 0 Å². The molecule has 0 saturated carbocycles. The summed E-state index contributed by atoms with van der Waals surface area (Å²) in [5, 5.41) is 6.37. The smallest absolute Gasteiger partial charge is 0.224 e. The van der Waals surface area contributed by atoms with E-state index < -0.39 is 0 Å². The summed E-state index contributed by atoms with van der Waals surface area (Å²) in [4.78, 5) is 18.2. The first kappa shape index (κ1) is 19.5. The zero-order valence-electron chi connectivity index (χ0n) is 12.9. The lowest BCUT2D eigenvalue weighted by Gasteiger charge is -2.31. The Morgan fingerprint density at radius 1 is 1.35 bits per heavy atom. The molecule has 0 bridgehead atoms. The molecule has 6 heteroatoms. The number of aliphatic imine (C=N–C) groups is 1. The van der Waals surface area contributed by atoms with Gasteiger partial charge >= 0.3 is 0 Å². The molecule has 1 unspecified atom stereocenters. The van der Waals surface area contributed by atoms with Crippen molar-refractivity contribution in [1.29, 1.82) is 0 Å². The molecule has 0 spiro atoms. The molecule has 1 atom stereocenters. The topological polar surface area (TPSA) is 56.7 Å². The van der Waals surface area contributed by atoms with Gasteiger partial charge in [-0.05, 0) is 25.2 Å². The maximum atomic E-state index is 12.1. The van der Waals surface area contributed by atoms with E-state index in [1.165, 1.54) is 6.42 Å². The van der Waals surface area contributed by atoms with Gasteiger partial charge in [0, 0.05) is 39.6 Å². The van der Waals surface area contributed by atoms with Gasteiger partial charge in [0.2, 0.25) is 5.91 Å². The van der Waals surface area contributed by atoms with Crippen molar-refractivity contribution in [3.8, 4) is 0 Å². The Morgan fingerprint density at radius 2 is 2.05 bits per heavy atom. The molecular formula is C14H29IN4O. The lowest BCUT2D eigenvalue weighted by atomic mass is 10.00. The summed E-state index contributed by atoms with van der Waals surface area (Å²) in [7, 11) is 1.75. The van der Waals surface area contributed by atoms with Gasteiger partial charge in [0.15, 0.2) is 5.96 Å². The van der Waals surface area contributed by atoms with Crippen molar-refractivity contribution in [1.82, 2.24) is 15.5 Å². The molecule has 0 aliphatic carbocycles. The third-order valence-electron chi connectivity index (χ3n) is 3.41. The van der Waals surface area contributed by atoms with Crippen LogP contribution >= 0.6 is 24.0 Å². The molecule has 2 N–H and O–H groups in total. The largest absolute Gasteiger partial charge is 0.356 e. The van der Waals surface area contributed by atoms with Crippen molar-refractivity contribution in [2.24, 2.45) is 10.9 Å². The van der Waals surface area contributed by atoms with E-state index in [0.29, 0.717) is 18.9 Å². The molecular weight excluding hydrogens is 367 g/mol. The second-order valence-corrected chi connectivity index (χ2v) is 5.26. The Morgan fingerprint density at radius 3 is 2.65 bits per heavy atom. The summed E-state index contributed by atoms with van der Waals surface area (Å²) in [6.07, 6.45) is 3.99. The van der Waals surface area contributed by atoms with Crippen LogP contribution in [0.15, 0.2) is 4.99 Å². The summed E-state index contributed by atoms with van der Waals surface area (Å²) in [5.41, 5.74) is 0. The molecule has 1 amide bonds. The van der Waals surface area contributed by atoms with Gasteiger partial charge in [-0.3, -0.25) is 9.79 Å². The fraction of sp³-hybridized carbons (Fsp3) is 0.857. The van der Waals surface area contributed by atoms with Gasteiger partial charge in [0.25, 0.3) is 0 Å². The predicted octanol–water partition coefficient (Wildman–Crippen LogP) is 1.83. The van der Waals surface area contributed by atoms with Crippen molar-refractivity contribution < 1.29 is 4.79 Å². The van der Waals surface area contributed by atoms with Gasteiger partial charge in [0.05, 0.1) is 0 Å². The maximum absolute atomic E-state index is 12.1. The van der Waals surface area contributed by atoms with E-state index in [4.69, 9.17) is 0 Å². The highest BCUT2D eigenvalue weighted by Gasteiger charge is 2.20. The lowest BCUT2D eigenvalue weighted by Crippen LogP contribution is -2.42. The Kier molecular flexibility index (Phi) is 10.9. The second-order valence-electron chi connectivity index (χ2n) is 5.26. The van der Waals surface area contributed by atoms with Crippen LogP contribution in [0.4, 0.5) is 0 Å². The molecule has 0 aromatic rings. The number of nitrogens with one attached hydrogen (secondary N) is 2. The maximum Gasteiger partial charge on any atom is 0.224 e. The highest BCUT2D eigenvalue weighted by atomic mass is 127. The van der Waals surface area contributed by atoms with E-state index in [9.17, 15) is 4.79 Å². The Bertz CT molecular complexity index is 310. The van der Waals surface area contributed by atoms with Crippen LogP contribution in [-0.2, 0) is 4.79 Å². The Labute approximate surface area is 140 Å². The van der Waals surface area contributed by atoms with E-state index in [0.717, 1.165) is 38.4 Å². The van der Waals surface area contributed by atoms with Crippen LogP contribution in [0.1, 0.15) is 39.5 Å². The fourth-order valence-electron chi connectivity index (χ4n) is 2.33. The molecule has 1 fully saturated rings. The SMILES string of the molecule is CCCNC(=NC)NCCC(=O)N1CCCC(C)C1.I. The summed E-state index contributed by atoms with van der Waals surface area (Å²) >= 11 is 0. The number of likely N-dealkylation sites (tertiary alicyclic amines) is 1. The third kappa shape index (κ3) is 7.31. The minimum atomic E-state index is 0. The first-order chi connectivity index (χ1) is 9.17. The van der Waals surface area contributed by atoms with Crippen LogP contribution in [0, 0.1) is 5.92 Å². The van der Waals surface area contributed by atoms with Gasteiger partial charge < -0.3 is 15.5 Å². The highest BCUT2D eigenvalue weighted by molar-refractivity contribution is 14.0. The van der Waals surface area contributed by atoms with Crippen LogP contribution in [0.5, 0.6) is 0 Å². The standard InChI is InChI=1S/C14H28N4O.HI/c1-4-8-16-14(15-3)17-9-7-13(19)18-10-5-6-12(2)11-18;/h12H,4-11H2,1-3H3,(H2,15,16,17);1H. The van der Waals surface area contributed by atoms with Crippen molar-refractivity contribution >= 4 is 35.8 Å². The molecule has 20 heavy (non-hydrogen) atoms. The number of rotatable bonds is 5. The quantitative estimate of drug-likeness (QED) is 0.424. The van der Waals surface area contributed by atoms with E-state index in [1.54, 1.807) is 7.05 Å². The second kappa shape index (κ2) is 11.2. The minimum absolute atomic E-state index is 0. The molecule has 5 nitrogen and oxygen atoms in total. The number of guanidine groups is 1. The Hall–Kier alpha value is -0.530. The zero-order valence-corrected chi connectivity index (χ0v) is 15.3. The first-order valence-corrected chi connectivity index (χ1v) is 7.39. The average molecular weight is 396 g/mol. The average Bonchev–Trinajstić information content (AvgIpc) is 2.42. The minimum Gasteiger partial charge on any atom is -0.356 e. The van der Waals surface area contributed by atoms with E-state index in [2.05, 4.69) is 29.5 Å². The number of carbonyl (C=O) groups is 1. The molecule has 1 heterocycles. The Balaban J connectivity index is 0.00000361. The highest BCUT2D eigenvalue weighted by Crippen LogP contribution is 2.15. The number of nitrogens with zero attached hydrogens (tertiary/aromatic N) is 2. The fourth-order valence-corrected chi connectivity index (χ4v) is 2.33. The molecule has 1 saturated heterocycles. The van der Waals surface area contributed by atoms with Crippen molar-refractivity contribution in [3.05, 3.63) is 0 Å². The third-order valence-corrected chi connectivity index (χ3v) is 3.41. The van der Waals surface area contributed by atoms with Crippen LogP contribution in [0.3, 0.4) is 0 Å². The molecule has 0 aromatic heterocycles. The molecule has 1 aliphatic heterocycles. The van der Waals surface area contributed by atoms with Crippen LogP contribution in [0.25, 0.3) is 0 Å². The summed E-state index contributed by atoms with van der Waals surface area (Å²) in [5.74, 6) is 1.68. The van der Waals surface area contributed by atoms with Crippen molar-refractivity contribution in [2.75, 3.05) is 33.2 Å². The molecule has 118 valence electrons. The van der Waals surface area contributed by atoms with Gasteiger partial charge in [0.1, 0.15) is 0 Å². The predicted molar refractivity (Wildman–Crippen MR) is 94.7 cm³/mol. The van der Waals surface area contributed by atoms with Crippen LogP contribution < -0.4 is 10.6 Å². The number of carbonyl (C=O) groups excluding carboxylic acids is 1. The summed E-state index contributed by atoms with van der Waals surface area (Å²) in [6.45, 7) is 7.72. The zero-order chi connectivity index (χ0) is 14.1. The van der Waals surface area contributed by atoms with Crippen LogP contribution in [-0.4, -0.2) is 50.0 Å². The van der Waals surface area contributed by atoms with Crippen LogP contribution in [0.2, 0.25) is 0 Å². The number of halogens is 1. The van der Waals surface area contributed by atoms with Crippen molar-refractivity contribution in [2.45, 2.75) is 39.5 Å². The number of hydrogen-bond donors (Lipinski definition) is 2. The molecule has 0 radical (unpaired) electrons. The first-order valence-electron chi connectivity index (χ1n) is 7.39. The van der Waals surface area contributed by atoms with E-state index >= 15 is 0 Å². The van der Waals surface area contributed by atoms with Crippen molar-refractivity contribution in [3.63, 3.8) is 0 Å². The van der Waals surface area contributed by atoms with Gasteiger partial charge in [-0.15, -0.1) is 24.0 Å². The molecule has 1 aliphatic rings. The van der Waals surface area contributed by atoms with E-state index in [-0.39, 0.29) is 29.9 Å². The monoisotopic (exact) mass is 396 g/mol. The molecule has 1 rings (SSSR count). The summed E-state index contributed by atoms with van der Waals surface area (Å²) < 4.78 is 0. The molecule has 0 aromatic carbocycles. The number of piperidine rings is 1. The normalized spacial score (nSPS) is 19.2. The van der Waals surface area contributed by atoms with Gasteiger partial charge in [-0.2, -0.15) is 0 Å². The summed E-state index contributed by atoms with van der Waals surface area (Å²) in [6, 6.07) is 0. The van der Waals surface area contributed by atoms with Gasteiger partial charge in [-0.1, -0.05) is 13.8 Å². The number of hydrogen-bond acceptors (Lipinski definition) is 2. The number of amides is 1.